The van der Waals surface area contributed by atoms with Crippen molar-refractivity contribution in [3.05, 3.63) is 95.7 Å². The van der Waals surface area contributed by atoms with E-state index in [1.165, 1.54) is 0 Å². The van der Waals surface area contributed by atoms with E-state index in [2.05, 4.69) is 21.2 Å². The fourth-order valence-corrected chi connectivity index (χ4v) is 5.34. The van der Waals surface area contributed by atoms with Crippen LogP contribution in [0.1, 0.15) is 16.7 Å². The zero-order valence-electron chi connectivity index (χ0n) is 19.2. The van der Waals surface area contributed by atoms with Gasteiger partial charge in [0.2, 0.25) is 0 Å². The quantitative estimate of drug-likeness (QED) is 0.265. The molecule has 0 saturated carbocycles. The molecule has 37 heavy (non-hydrogen) atoms. The van der Waals surface area contributed by atoms with Crippen LogP contribution < -0.4 is 10.1 Å². The fourth-order valence-electron chi connectivity index (χ4n) is 3.34. The van der Waals surface area contributed by atoms with Crippen molar-refractivity contribution in [3.8, 4) is 5.75 Å². The number of halogens is 4. The molecule has 1 aliphatic heterocycles. The first-order valence-corrected chi connectivity index (χ1v) is 13.5. The second kappa shape index (κ2) is 11.9. The zero-order chi connectivity index (χ0) is 26.7. The van der Waals surface area contributed by atoms with E-state index in [0.29, 0.717) is 42.1 Å². The monoisotopic (exact) mass is 638 g/mol. The first kappa shape index (κ1) is 27.5. The van der Waals surface area contributed by atoms with Gasteiger partial charge in [0.15, 0.2) is 6.61 Å². The van der Waals surface area contributed by atoms with Crippen LogP contribution in [0.3, 0.4) is 0 Å². The molecular weight excluding hydrogens is 623 g/mol. The van der Waals surface area contributed by atoms with E-state index in [-0.39, 0.29) is 29.2 Å². The highest BCUT2D eigenvalue weighted by Gasteiger charge is 2.35. The predicted octanol–water partition coefficient (Wildman–Crippen LogP) is 7.97. The van der Waals surface area contributed by atoms with Crippen LogP contribution in [-0.2, 0) is 16.1 Å². The van der Waals surface area contributed by atoms with Crippen LogP contribution in [0.5, 0.6) is 5.75 Å². The molecule has 0 bridgehead atoms. The SMILES string of the molecule is Cc1ccc(NC(=O)COc2ccc(/C=C3\SC(=O)N(Cc4ccc(Cl)cc4Cl)C3=O)cc2Br)cc1Cl. The van der Waals surface area contributed by atoms with Crippen LogP contribution in [0.15, 0.2) is 64.0 Å². The molecule has 0 atom stereocenters. The van der Waals surface area contributed by atoms with E-state index < -0.39 is 5.91 Å². The van der Waals surface area contributed by atoms with Gasteiger partial charge >= 0.3 is 0 Å². The molecular formula is C26H18BrCl3N2O4S. The molecule has 3 amide bonds. The molecule has 1 fully saturated rings. The molecule has 1 saturated heterocycles. The number of amides is 3. The van der Waals surface area contributed by atoms with Gasteiger partial charge in [-0.1, -0.05) is 53.0 Å². The molecule has 0 spiro atoms. The summed E-state index contributed by atoms with van der Waals surface area (Å²) in [7, 11) is 0. The minimum atomic E-state index is -0.412. The molecule has 190 valence electrons. The van der Waals surface area contributed by atoms with E-state index in [4.69, 9.17) is 39.5 Å². The molecule has 0 aliphatic carbocycles. The maximum absolute atomic E-state index is 12.9. The van der Waals surface area contributed by atoms with Crippen molar-refractivity contribution >= 4 is 91.3 Å². The van der Waals surface area contributed by atoms with Crippen molar-refractivity contribution < 1.29 is 19.1 Å². The van der Waals surface area contributed by atoms with Gasteiger partial charge in [-0.2, -0.15) is 0 Å². The Bertz CT molecular complexity index is 1450. The molecule has 0 unspecified atom stereocenters. The van der Waals surface area contributed by atoms with Gasteiger partial charge in [-0.05, 0) is 93.8 Å². The summed E-state index contributed by atoms with van der Waals surface area (Å²) in [6.45, 7) is 1.71. The van der Waals surface area contributed by atoms with Gasteiger partial charge in [0.1, 0.15) is 5.75 Å². The van der Waals surface area contributed by atoms with Crippen molar-refractivity contribution in [2.75, 3.05) is 11.9 Å². The third-order valence-corrected chi connectivity index (χ3v) is 7.81. The second-order valence-corrected chi connectivity index (χ2v) is 11.1. The van der Waals surface area contributed by atoms with Gasteiger partial charge in [-0.3, -0.25) is 19.3 Å². The number of rotatable bonds is 7. The van der Waals surface area contributed by atoms with E-state index in [1.54, 1.807) is 54.6 Å². The molecule has 4 rings (SSSR count). The topological polar surface area (TPSA) is 75.7 Å². The van der Waals surface area contributed by atoms with E-state index in [9.17, 15) is 14.4 Å². The van der Waals surface area contributed by atoms with Crippen molar-refractivity contribution in [2.45, 2.75) is 13.5 Å². The van der Waals surface area contributed by atoms with E-state index in [1.807, 2.05) is 13.0 Å². The molecule has 1 N–H and O–H groups in total. The lowest BCUT2D eigenvalue weighted by Crippen LogP contribution is -2.27. The summed E-state index contributed by atoms with van der Waals surface area (Å²) in [5.41, 5.74) is 2.78. The van der Waals surface area contributed by atoms with Gasteiger partial charge < -0.3 is 10.1 Å². The van der Waals surface area contributed by atoms with Crippen molar-refractivity contribution in [1.29, 1.82) is 0 Å². The summed E-state index contributed by atoms with van der Waals surface area (Å²) in [5, 5.41) is 3.75. The summed E-state index contributed by atoms with van der Waals surface area (Å²) in [4.78, 5) is 39.0. The average Bonchev–Trinajstić information content (AvgIpc) is 3.09. The first-order chi connectivity index (χ1) is 17.6. The van der Waals surface area contributed by atoms with Crippen molar-refractivity contribution in [1.82, 2.24) is 4.90 Å². The lowest BCUT2D eigenvalue weighted by atomic mass is 10.2. The summed E-state index contributed by atoms with van der Waals surface area (Å²) in [6, 6.07) is 15.3. The third-order valence-electron chi connectivity index (χ3n) is 5.29. The smallest absolute Gasteiger partial charge is 0.293 e. The molecule has 0 radical (unpaired) electrons. The minimum Gasteiger partial charge on any atom is -0.483 e. The number of nitrogens with one attached hydrogen (secondary N) is 1. The Morgan fingerprint density at radius 1 is 1.05 bits per heavy atom. The highest BCUT2D eigenvalue weighted by Crippen LogP contribution is 2.35. The van der Waals surface area contributed by atoms with Crippen LogP contribution >= 0.6 is 62.5 Å². The molecule has 3 aromatic carbocycles. The van der Waals surface area contributed by atoms with E-state index >= 15 is 0 Å². The molecule has 3 aromatic rings. The lowest BCUT2D eigenvalue weighted by molar-refractivity contribution is -0.123. The number of imide groups is 1. The number of nitrogens with zero attached hydrogens (tertiary/aromatic N) is 1. The Hall–Kier alpha value is -2.49. The number of hydrogen-bond donors (Lipinski definition) is 1. The first-order valence-electron chi connectivity index (χ1n) is 10.8. The van der Waals surface area contributed by atoms with Crippen molar-refractivity contribution in [2.24, 2.45) is 0 Å². The number of hydrogen-bond acceptors (Lipinski definition) is 5. The predicted molar refractivity (Wildman–Crippen MR) is 152 cm³/mol. The number of aryl methyl sites for hydroxylation is 1. The Labute approximate surface area is 241 Å². The number of anilines is 1. The molecule has 1 aliphatic rings. The number of ether oxygens (including phenoxy) is 1. The van der Waals surface area contributed by atoms with Gasteiger partial charge in [0, 0.05) is 20.8 Å². The van der Waals surface area contributed by atoms with Crippen molar-refractivity contribution in [3.63, 3.8) is 0 Å². The Morgan fingerprint density at radius 3 is 2.54 bits per heavy atom. The van der Waals surface area contributed by atoms with Gasteiger partial charge in [-0.25, -0.2) is 0 Å². The Balaban J connectivity index is 1.39. The molecule has 6 nitrogen and oxygen atoms in total. The van der Waals surface area contributed by atoms with Gasteiger partial charge in [0.25, 0.3) is 17.1 Å². The Kier molecular flexibility index (Phi) is 8.87. The number of carbonyl (C=O) groups is 3. The van der Waals surface area contributed by atoms with Crippen LogP contribution in [0.4, 0.5) is 10.5 Å². The van der Waals surface area contributed by atoms with Crippen LogP contribution in [0, 0.1) is 6.92 Å². The maximum Gasteiger partial charge on any atom is 0.293 e. The van der Waals surface area contributed by atoms with Crippen LogP contribution in [-0.4, -0.2) is 28.6 Å². The van der Waals surface area contributed by atoms with Crippen LogP contribution in [0.2, 0.25) is 15.1 Å². The summed E-state index contributed by atoms with van der Waals surface area (Å²) < 4.78 is 6.20. The average molecular weight is 641 g/mol. The summed E-state index contributed by atoms with van der Waals surface area (Å²) in [5.74, 6) is -0.310. The Morgan fingerprint density at radius 2 is 1.84 bits per heavy atom. The molecule has 1 heterocycles. The highest BCUT2D eigenvalue weighted by atomic mass is 79.9. The number of carbonyl (C=O) groups excluding carboxylic acids is 3. The highest BCUT2D eigenvalue weighted by molar-refractivity contribution is 9.10. The largest absolute Gasteiger partial charge is 0.483 e. The van der Waals surface area contributed by atoms with Gasteiger partial charge in [0.05, 0.1) is 15.9 Å². The van der Waals surface area contributed by atoms with E-state index in [0.717, 1.165) is 22.2 Å². The minimum absolute atomic E-state index is 0.0470. The summed E-state index contributed by atoms with van der Waals surface area (Å²) in [6.07, 6.45) is 1.62. The maximum atomic E-state index is 12.9. The number of thioether (sulfide) groups is 1. The molecule has 11 heteroatoms. The zero-order valence-corrected chi connectivity index (χ0v) is 23.9. The summed E-state index contributed by atoms with van der Waals surface area (Å²) >= 11 is 22.5. The second-order valence-electron chi connectivity index (χ2n) is 7.99. The fraction of sp³-hybridized carbons (Fsp3) is 0.115. The number of benzene rings is 3. The van der Waals surface area contributed by atoms with Gasteiger partial charge in [-0.15, -0.1) is 0 Å². The van der Waals surface area contributed by atoms with Crippen LogP contribution in [0.25, 0.3) is 6.08 Å². The standard InChI is InChI=1S/C26H18BrCl3N2O4S/c1-14-2-6-18(11-20(14)29)31-24(33)13-36-22-7-3-15(8-19(22)27)9-23-25(34)32(26(35)37-23)12-16-4-5-17(28)10-21(16)30/h2-11H,12-13H2,1H3,(H,31,33)/b23-9-. The normalized spacial score (nSPS) is 14.4. The lowest BCUT2D eigenvalue weighted by Gasteiger charge is -2.13. The molecule has 0 aromatic heterocycles. The third kappa shape index (κ3) is 6.89.